The maximum atomic E-state index is 6.16. The van der Waals surface area contributed by atoms with Crippen LogP contribution in [0, 0.1) is 0 Å². The van der Waals surface area contributed by atoms with Crippen LogP contribution < -0.4 is 10.1 Å². The fourth-order valence-electron chi connectivity index (χ4n) is 2.70. The molecule has 4 heteroatoms. The van der Waals surface area contributed by atoms with E-state index >= 15 is 0 Å². The predicted octanol–water partition coefficient (Wildman–Crippen LogP) is 4.94. The van der Waals surface area contributed by atoms with Gasteiger partial charge in [-0.05, 0) is 36.8 Å². The molecule has 3 aromatic rings. The Bertz CT molecular complexity index is 795. The predicted molar refractivity (Wildman–Crippen MR) is 92.9 cm³/mol. The molecule has 0 radical (unpaired) electrons. The summed E-state index contributed by atoms with van der Waals surface area (Å²) in [5.74, 6) is 0.690. The number of para-hydroxylation sites is 1. The lowest BCUT2D eigenvalue weighted by molar-refractivity contribution is 0.415. The van der Waals surface area contributed by atoms with E-state index in [0.29, 0.717) is 10.8 Å². The lowest BCUT2D eigenvalue weighted by Crippen LogP contribution is -1.99. The van der Waals surface area contributed by atoms with Gasteiger partial charge in [0.15, 0.2) is 0 Å². The highest BCUT2D eigenvalue weighted by Gasteiger charge is 2.07. The number of anilines is 1. The van der Waals surface area contributed by atoms with E-state index in [1.807, 2.05) is 18.2 Å². The summed E-state index contributed by atoms with van der Waals surface area (Å²) >= 11 is 6.16. The summed E-state index contributed by atoms with van der Waals surface area (Å²) in [4.78, 5) is 0. The zero-order valence-corrected chi connectivity index (χ0v) is 13.5. The minimum atomic E-state index is 0.614. The molecule has 114 valence electrons. The summed E-state index contributed by atoms with van der Waals surface area (Å²) in [7, 11) is 1.62. The number of methoxy groups -OCH3 is 1. The fourth-order valence-corrected chi connectivity index (χ4v) is 2.96. The second kappa shape index (κ2) is 6.32. The molecule has 1 aromatic heterocycles. The Morgan fingerprint density at radius 3 is 2.73 bits per heavy atom. The van der Waals surface area contributed by atoms with Gasteiger partial charge in [-0.3, -0.25) is 0 Å². The molecule has 0 saturated carbocycles. The molecule has 3 nitrogen and oxygen atoms in total. The summed E-state index contributed by atoms with van der Waals surface area (Å²) in [6.07, 6.45) is 2.21. The molecule has 0 unspecified atom stereocenters. The van der Waals surface area contributed by atoms with E-state index in [4.69, 9.17) is 16.3 Å². The molecule has 0 bridgehead atoms. The molecule has 0 atom stereocenters. The van der Waals surface area contributed by atoms with Crippen molar-refractivity contribution in [3.63, 3.8) is 0 Å². The summed E-state index contributed by atoms with van der Waals surface area (Å²) in [6.45, 7) is 3.89. The van der Waals surface area contributed by atoms with Crippen molar-refractivity contribution in [1.29, 1.82) is 0 Å². The SMILES string of the molecule is CCn1cc(CNc2ccc(OC)c(Cl)c2)c2ccccc21. The zero-order valence-electron chi connectivity index (χ0n) is 12.8. The number of hydrogen-bond acceptors (Lipinski definition) is 2. The number of halogens is 1. The average molecular weight is 315 g/mol. The van der Waals surface area contributed by atoms with Gasteiger partial charge in [0.05, 0.1) is 12.1 Å². The minimum absolute atomic E-state index is 0.614. The number of aryl methyl sites for hydroxylation is 1. The Morgan fingerprint density at radius 1 is 1.18 bits per heavy atom. The second-order valence-corrected chi connectivity index (χ2v) is 5.57. The lowest BCUT2D eigenvalue weighted by Gasteiger charge is -2.08. The molecule has 0 aliphatic carbocycles. The molecule has 1 N–H and O–H groups in total. The Kier molecular flexibility index (Phi) is 4.25. The summed E-state index contributed by atoms with van der Waals surface area (Å²) in [6, 6.07) is 14.2. The van der Waals surface area contributed by atoms with Crippen molar-refractivity contribution in [3.8, 4) is 5.75 Å². The van der Waals surface area contributed by atoms with Crippen LogP contribution >= 0.6 is 11.6 Å². The van der Waals surface area contributed by atoms with Gasteiger partial charge in [0.1, 0.15) is 5.75 Å². The van der Waals surface area contributed by atoms with Gasteiger partial charge in [0, 0.05) is 35.9 Å². The van der Waals surface area contributed by atoms with E-state index in [2.05, 4.69) is 47.3 Å². The van der Waals surface area contributed by atoms with E-state index in [1.54, 1.807) is 7.11 Å². The number of ether oxygens (including phenoxy) is 1. The van der Waals surface area contributed by atoms with Gasteiger partial charge in [-0.15, -0.1) is 0 Å². The minimum Gasteiger partial charge on any atom is -0.495 e. The number of aromatic nitrogens is 1. The zero-order chi connectivity index (χ0) is 15.5. The van der Waals surface area contributed by atoms with Crippen LogP contribution in [0.4, 0.5) is 5.69 Å². The summed E-state index contributed by atoms with van der Waals surface area (Å²) in [5.41, 5.74) is 3.54. The molecule has 3 rings (SSSR count). The number of benzene rings is 2. The first-order valence-corrected chi connectivity index (χ1v) is 7.75. The van der Waals surface area contributed by atoms with Gasteiger partial charge in [-0.2, -0.15) is 0 Å². The average Bonchev–Trinajstić information content (AvgIpc) is 2.91. The Labute approximate surface area is 135 Å². The third-order valence-corrected chi connectivity index (χ3v) is 4.14. The van der Waals surface area contributed by atoms with E-state index in [1.165, 1.54) is 16.5 Å². The number of nitrogens with zero attached hydrogens (tertiary/aromatic N) is 1. The van der Waals surface area contributed by atoms with E-state index in [-0.39, 0.29) is 0 Å². The molecule has 0 aliphatic rings. The molecule has 0 aliphatic heterocycles. The maximum absolute atomic E-state index is 6.16. The van der Waals surface area contributed by atoms with Crippen LogP contribution in [0.1, 0.15) is 12.5 Å². The fraction of sp³-hybridized carbons (Fsp3) is 0.222. The van der Waals surface area contributed by atoms with Gasteiger partial charge in [-0.1, -0.05) is 29.8 Å². The largest absolute Gasteiger partial charge is 0.495 e. The van der Waals surface area contributed by atoms with Crippen molar-refractivity contribution in [2.75, 3.05) is 12.4 Å². The molecule has 0 saturated heterocycles. The van der Waals surface area contributed by atoms with Crippen LogP contribution in [0.3, 0.4) is 0 Å². The van der Waals surface area contributed by atoms with Crippen molar-refractivity contribution in [2.45, 2.75) is 20.0 Å². The summed E-state index contributed by atoms with van der Waals surface area (Å²) in [5, 5.41) is 5.33. The van der Waals surface area contributed by atoms with Crippen molar-refractivity contribution >= 4 is 28.2 Å². The lowest BCUT2D eigenvalue weighted by atomic mass is 10.1. The van der Waals surface area contributed by atoms with Crippen molar-refractivity contribution < 1.29 is 4.74 Å². The standard InChI is InChI=1S/C18H19ClN2O/c1-3-21-12-13(15-6-4-5-7-17(15)21)11-20-14-8-9-18(22-2)16(19)10-14/h4-10,12,20H,3,11H2,1-2H3. The molecule has 2 aromatic carbocycles. The number of fused-ring (bicyclic) bond motifs is 1. The van der Waals surface area contributed by atoms with Crippen LogP contribution in [-0.2, 0) is 13.1 Å². The normalized spacial score (nSPS) is 10.9. The monoisotopic (exact) mass is 314 g/mol. The Hall–Kier alpha value is -2.13. The van der Waals surface area contributed by atoms with Gasteiger partial charge < -0.3 is 14.6 Å². The maximum Gasteiger partial charge on any atom is 0.137 e. The van der Waals surface area contributed by atoms with Gasteiger partial charge in [0.25, 0.3) is 0 Å². The molecular formula is C18H19ClN2O. The molecule has 1 heterocycles. The van der Waals surface area contributed by atoms with E-state index in [0.717, 1.165) is 18.8 Å². The topological polar surface area (TPSA) is 26.2 Å². The molecule has 0 fully saturated rings. The quantitative estimate of drug-likeness (QED) is 0.722. The van der Waals surface area contributed by atoms with Gasteiger partial charge in [0.2, 0.25) is 0 Å². The van der Waals surface area contributed by atoms with E-state index < -0.39 is 0 Å². The van der Waals surface area contributed by atoms with Crippen LogP contribution in [0.15, 0.2) is 48.7 Å². The van der Waals surface area contributed by atoms with Crippen molar-refractivity contribution in [1.82, 2.24) is 4.57 Å². The third-order valence-electron chi connectivity index (χ3n) is 3.85. The molecule has 22 heavy (non-hydrogen) atoms. The first-order chi connectivity index (χ1) is 10.7. The van der Waals surface area contributed by atoms with Gasteiger partial charge >= 0.3 is 0 Å². The first kappa shape index (κ1) is 14.8. The molecule has 0 spiro atoms. The van der Waals surface area contributed by atoms with E-state index in [9.17, 15) is 0 Å². The van der Waals surface area contributed by atoms with Crippen LogP contribution in [0.25, 0.3) is 10.9 Å². The highest BCUT2D eigenvalue weighted by molar-refractivity contribution is 6.32. The van der Waals surface area contributed by atoms with Crippen LogP contribution in [-0.4, -0.2) is 11.7 Å². The molecular weight excluding hydrogens is 296 g/mol. The van der Waals surface area contributed by atoms with Crippen molar-refractivity contribution in [2.24, 2.45) is 0 Å². The number of hydrogen-bond donors (Lipinski definition) is 1. The number of nitrogens with one attached hydrogen (secondary N) is 1. The Balaban J connectivity index is 1.83. The van der Waals surface area contributed by atoms with Crippen LogP contribution in [0.5, 0.6) is 5.75 Å². The third kappa shape index (κ3) is 2.77. The Morgan fingerprint density at radius 2 is 2.00 bits per heavy atom. The summed E-state index contributed by atoms with van der Waals surface area (Å²) < 4.78 is 7.45. The first-order valence-electron chi connectivity index (χ1n) is 7.37. The van der Waals surface area contributed by atoms with Crippen LogP contribution in [0.2, 0.25) is 5.02 Å². The molecule has 0 amide bonds. The smallest absolute Gasteiger partial charge is 0.137 e. The second-order valence-electron chi connectivity index (χ2n) is 5.16. The highest BCUT2D eigenvalue weighted by Crippen LogP contribution is 2.28. The van der Waals surface area contributed by atoms with Gasteiger partial charge in [-0.25, -0.2) is 0 Å². The van der Waals surface area contributed by atoms with Crippen molar-refractivity contribution in [3.05, 3.63) is 59.2 Å². The highest BCUT2D eigenvalue weighted by atomic mass is 35.5. The number of rotatable bonds is 5.